The molecule has 1 amide bonds. The zero-order valence-corrected chi connectivity index (χ0v) is 9.18. The van der Waals surface area contributed by atoms with E-state index in [1.54, 1.807) is 6.20 Å². The van der Waals surface area contributed by atoms with E-state index in [9.17, 15) is 4.79 Å². The van der Waals surface area contributed by atoms with E-state index < -0.39 is 0 Å². The minimum atomic E-state index is 0.160. The van der Waals surface area contributed by atoms with Gasteiger partial charge >= 0.3 is 0 Å². The summed E-state index contributed by atoms with van der Waals surface area (Å²) in [5, 5.41) is 2.54. The summed E-state index contributed by atoms with van der Waals surface area (Å²) in [6, 6.07) is 0. The van der Waals surface area contributed by atoms with Gasteiger partial charge in [0, 0.05) is 13.6 Å². The molecular formula is C10H15N5O. The predicted molar refractivity (Wildman–Crippen MR) is 62.1 cm³/mol. The van der Waals surface area contributed by atoms with Crippen LogP contribution in [0.4, 0.5) is 17.5 Å². The Kier molecular flexibility index (Phi) is 2.89. The molecule has 0 aromatic carbocycles. The first kappa shape index (κ1) is 10.7. The normalized spacial score (nSPS) is 14.6. The van der Waals surface area contributed by atoms with Crippen molar-refractivity contribution in [2.45, 2.75) is 12.8 Å². The highest BCUT2D eigenvalue weighted by Crippen LogP contribution is 2.32. The fourth-order valence-corrected chi connectivity index (χ4v) is 1.62. The maximum absolute atomic E-state index is 10.5. The Morgan fingerprint density at radius 1 is 1.69 bits per heavy atom. The van der Waals surface area contributed by atoms with Crippen LogP contribution in [0.15, 0.2) is 6.20 Å². The molecule has 0 aliphatic heterocycles. The van der Waals surface area contributed by atoms with Crippen LogP contribution >= 0.6 is 0 Å². The van der Waals surface area contributed by atoms with Gasteiger partial charge in [-0.2, -0.15) is 4.98 Å². The Labute approximate surface area is 93.9 Å². The number of amides is 1. The lowest BCUT2D eigenvalue weighted by Gasteiger charge is -2.20. The number of carbonyl (C=O) groups is 1. The van der Waals surface area contributed by atoms with E-state index in [1.165, 1.54) is 12.8 Å². The average Bonchev–Trinajstić information content (AvgIpc) is 3.02. The topological polar surface area (TPSA) is 84.1 Å². The average molecular weight is 221 g/mol. The van der Waals surface area contributed by atoms with E-state index in [2.05, 4.69) is 15.3 Å². The summed E-state index contributed by atoms with van der Waals surface area (Å²) in [6.07, 6.45) is 4.78. The minimum Gasteiger partial charge on any atom is -0.370 e. The number of nitrogens with one attached hydrogen (secondary N) is 1. The van der Waals surface area contributed by atoms with Gasteiger partial charge in [0.05, 0.1) is 11.9 Å². The van der Waals surface area contributed by atoms with E-state index in [0.29, 0.717) is 12.2 Å². The molecule has 1 aromatic heterocycles. The SMILES string of the molecule is CN(CC1CC1)c1cnc(N)nc1NC=O. The molecule has 1 aliphatic rings. The Balaban J connectivity index is 2.18. The van der Waals surface area contributed by atoms with Gasteiger partial charge in [-0.25, -0.2) is 4.98 Å². The first-order valence-electron chi connectivity index (χ1n) is 5.24. The molecule has 6 nitrogen and oxygen atoms in total. The smallest absolute Gasteiger partial charge is 0.222 e. The number of anilines is 3. The summed E-state index contributed by atoms with van der Waals surface area (Å²) in [5.41, 5.74) is 6.27. The summed E-state index contributed by atoms with van der Waals surface area (Å²) < 4.78 is 0. The molecule has 86 valence electrons. The molecule has 1 heterocycles. The van der Waals surface area contributed by atoms with E-state index in [1.807, 2.05) is 11.9 Å². The van der Waals surface area contributed by atoms with Crippen molar-refractivity contribution in [2.24, 2.45) is 5.92 Å². The lowest BCUT2D eigenvalue weighted by atomic mass is 10.3. The van der Waals surface area contributed by atoms with Crippen LogP contribution in [-0.2, 0) is 4.79 Å². The van der Waals surface area contributed by atoms with Crippen molar-refractivity contribution in [3.05, 3.63) is 6.20 Å². The maximum atomic E-state index is 10.5. The number of carbonyl (C=O) groups excluding carboxylic acids is 1. The third-order valence-electron chi connectivity index (χ3n) is 2.62. The second-order valence-electron chi connectivity index (χ2n) is 4.05. The van der Waals surface area contributed by atoms with Crippen molar-refractivity contribution in [3.63, 3.8) is 0 Å². The molecule has 1 aliphatic carbocycles. The highest BCUT2D eigenvalue weighted by Gasteiger charge is 2.24. The predicted octanol–water partition coefficient (Wildman–Crippen LogP) is 0.473. The first-order chi connectivity index (χ1) is 7.70. The van der Waals surface area contributed by atoms with Crippen LogP contribution in [0.5, 0.6) is 0 Å². The van der Waals surface area contributed by atoms with Gasteiger partial charge in [0.25, 0.3) is 0 Å². The van der Waals surface area contributed by atoms with Crippen LogP contribution < -0.4 is 16.0 Å². The lowest BCUT2D eigenvalue weighted by Crippen LogP contribution is -2.22. The van der Waals surface area contributed by atoms with Crippen molar-refractivity contribution in [3.8, 4) is 0 Å². The molecule has 0 saturated heterocycles. The summed E-state index contributed by atoms with van der Waals surface area (Å²) in [7, 11) is 1.96. The highest BCUT2D eigenvalue weighted by molar-refractivity contribution is 5.78. The van der Waals surface area contributed by atoms with Crippen molar-refractivity contribution < 1.29 is 4.79 Å². The number of rotatable bonds is 5. The van der Waals surface area contributed by atoms with Gasteiger partial charge < -0.3 is 16.0 Å². The third kappa shape index (κ3) is 2.39. The molecule has 16 heavy (non-hydrogen) atoms. The fourth-order valence-electron chi connectivity index (χ4n) is 1.62. The van der Waals surface area contributed by atoms with Gasteiger partial charge in [-0.15, -0.1) is 0 Å². The zero-order chi connectivity index (χ0) is 11.5. The number of aromatic nitrogens is 2. The second-order valence-corrected chi connectivity index (χ2v) is 4.05. The van der Waals surface area contributed by atoms with Crippen molar-refractivity contribution in [1.29, 1.82) is 0 Å². The Hall–Kier alpha value is -1.85. The first-order valence-corrected chi connectivity index (χ1v) is 5.24. The lowest BCUT2D eigenvalue weighted by molar-refractivity contribution is -0.105. The van der Waals surface area contributed by atoms with Crippen LogP contribution in [0.2, 0.25) is 0 Å². The van der Waals surface area contributed by atoms with E-state index in [4.69, 9.17) is 5.73 Å². The molecule has 1 fully saturated rings. The molecule has 0 radical (unpaired) electrons. The summed E-state index contributed by atoms with van der Waals surface area (Å²) >= 11 is 0. The van der Waals surface area contributed by atoms with E-state index >= 15 is 0 Å². The fraction of sp³-hybridized carbons (Fsp3) is 0.500. The zero-order valence-electron chi connectivity index (χ0n) is 9.18. The monoisotopic (exact) mass is 221 g/mol. The Bertz CT molecular complexity index is 391. The van der Waals surface area contributed by atoms with Crippen molar-refractivity contribution >= 4 is 23.9 Å². The number of nitrogen functional groups attached to an aromatic ring is 1. The second kappa shape index (κ2) is 4.34. The van der Waals surface area contributed by atoms with Gasteiger partial charge in [-0.3, -0.25) is 4.79 Å². The van der Waals surface area contributed by atoms with E-state index in [0.717, 1.165) is 18.2 Å². The van der Waals surface area contributed by atoms with Gasteiger partial charge in [-0.1, -0.05) is 0 Å². The molecule has 6 heteroatoms. The molecule has 0 atom stereocenters. The number of nitrogens with zero attached hydrogens (tertiary/aromatic N) is 3. The van der Waals surface area contributed by atoms with E-state index in [-0.39, 0.29) is 5.95 Å². The van der Waals surface area contributed by atoms with Crippen molar-refractivity contribution in [1.82, 2.24) is 9.97 Å². The van der Waals surface area contributed by atoms with Gasteiger partial charge in [0.2, 0.25) is 12.4 Å². The quantitative estimate of drug-likeness (QED) is 0.706. The molecule has 0 bridgehead atoms. The van der Waals surface area contributed by atoms with Crippen LogP contribution in [0.1, 0.15) is 12.8 Å². The molecular weight excluding hydrogens is 206 g/mol. The Morgan fingerprint density at radius 2 is 2.44 bits per heavy atom. The standard InChI is InChI=1S/C10H15N5O/c1-15(5-7-2-3-7)8-4-12-10(11)14-9(8)13-6-16/h4,6-7H,2-3,5H2,1H3,(H3,11,12,13,14,16). The molecule has 3 N–H and O–H groups in total. The van der Waals surface area contributed by atoms with Crippen LogP contribution in [0.3, 0.4) is 0 Å². The van der Waals surface area contributed by atoms with Gasteiger partial charge in [0.1, 0.15) is 0 Å². The highest BCUT2D eigenvalue weighted by atomic mass is 16.1. The molecule has 2 rings (SSSR count). The molecule has 1 saturated carbocycles. The summed E-state index contributed by atoms with van der Waals surface area (Å²) in [5.74, 6) is 1.38. The van der Waals surface area contributed by atoms with Crippen LogP contribution in [0, 0.1) is 5.92 Å². The number of hydrogen-bond acceptors (Lipinski definition) is 5. The minimum absolute atomic E-state index is 0.160. The van der Waals surface area contributed by atoms with Gasteiger partial charge in [-0.05, 0) is 18.8 Å². The summed E-state index contributed by atoms with van der Waals surface area (Å²) in [4.78, 5) is 20.4. The largest absolute Gasteiger partial charge is 0.370 e. The maximum Gasteiger partial charge on any atom is 0.222 e. The molecule has 1 aromatic rings. The number of nitrogens with two attached hydrogens (primary N) is 1. The summed E-state index contributed by atoms with van der Waals surface area (Å²) in [6.45, 7) is 0.959. The van der Waals surface area contributed by atoms with Crippen LogP contribution in [0.25, 0.3) is 0 Å². The molecule has 0 spiro atoms. The van der Waals surface area contributed by atoms with Crippen molar-refractivity contribution in [2.75, 3.05) is 29.5 Å². The molecule has 0 unspecified atom stereocenters. The van der Waals surface area contributed by atoms with Gasteiger partial charge in [0.15, 0.2) is 5.82 Å². The van der Waals surface area contributed by atoms with Crippen LogP contribution in [-0.4, -0.2) is 30.0 Å². The number of hydrogen-bond donors (Lipinski definition) is 2. The third-order valence-corrected chi connectivity index (χ3v) is 2.62. The Morgan fingerprint density at radius 3 is 3.06 bits per heavy atom.